The van der Waals surface area contributed by atoms with Crippen molar-refractivity contribution in [2.24, 2.45) is 17.6 Å². The second-order valence-electron chi connectivity index (χ2n) is 6.50. The zero-order valence-electron chi connectivity index (χ0n) is 11.0. The van der Waals surface area contributed by atoms with E-state index < -0.39 is 5.60 Å². The van der Waals surface area contributed by atoms with Crippen molar-refractivity contribution in [3.8, 4) is 0 Å². The summed E-state index contributed by atoms with van der Waals surface area (Å²) >= 11 is 0. The van der Waals surface area contributed by atoms with Crippen LogP contribution in [0.3, 0.4) is 0 Å². The topological polar surface area (TPSA) is 64.3 Å². The third kappa shape index (κ3) is 3.12. The summed E-state index contributed by atoms with van der Waals surface area (Å²) in [6.07, 6.45) is 4.30. The van der Waals surface area contributed by atoms with Crippen molar-refractivity contribution in [3.05, 3.63) is 0 Å². The number of rotatable bonds is 1. The van der Waals surface area contributed by atoms with Gasteiger partial charge in [-0.15, -0.1) is 0 Å². The first kappa shape index (κ1) is 12.7. The SMILES string of the molecule is CC(C)(C)OC(=O)N[C@H]1C[C@@H]2CC[C@H]1[C@H](N)C2. The predicted molar refractivity (Wildman–Crippen MR) is 66.6 cm³/mol. The minimum Gasteiger partial charge on any atom is -0.444 e. The number of hydrogen-bond donors (Lipinski definition) is 2. The van der Waals surface area contributed by atoms with E-state index in [9.17, 15) is 4.79 Å². The molecule has 1 amide bonds. The number of carbonyl (C=O) groups is 1. The van der Waals surface area contributed by atoms with Gasteiger partial charge < -0.3 is 15.8 Å². The van der Waals surface area contributed by atoms with E-state index in [1.54, 1.807) is 0 Å². The molecular formula is C13H24N2O2. The molecule has 3 rings (SSSR count). The predicted octanol–water partition coefficient (Wildman–Crippen LogP) is 2.03. The van der Waals surface area contributed by atoms with Gasteiger partial charge in [-0.3, -0.25) is 0 Å². The molecule has 3 aliphatic carbocycles. The zero-order valence-corrected chi connectivity index (χ0v) is 11.0. The molecule has 4 heteroatoms. The Bertz CT molecular complexity index is 298. The van der Waals surface area contributed by atoms with Crippen LogP contribution in [-0.4, -0.2) is 23.8 Å². The van der Waals surface area contributed by atoms with E-state index >= 15 is 0 Å². The normalized spacial score (nSPS) is 36.7. The molecule has 0 aliphatic heterocycles. The van der Waals surface area contributed by atoms with Gasteiger partial charge in [0.25, 0.3) is 0 Å². The number of carbonyl (C=O) groups excluding carboxylic acids is 1. The minimum atomic E-state index is -0.431. The van der Waals surface area contributed by atoms with Crippen LogP contribution in [0.2, 0.25) is 0 Å². The molecule has 0 heterocycles. The molecule has 4 atom stereocenters. The summed E-state index contributed by atoms with van der Waals surface area (Å²) in [5.41, 5.74) is 5.69. The number of nitrogens with one attached hydrogen (secondary N) is 1. The van der Waals surface area contributed by atoms with Crippen LogP contribution in [0, 0.1) is 11.8 Å². The van der Waals surface area contributed by atoms with Crippen molar-refractivity contribution in [2.45, 2.75) is 64.1 Å². The number of alkyl carbamates (subject to hydrolysis) is 1. The highest BCUT2D eigenvalue weighted by Crippen LogP contribution is 2.40. The lowest BCUT2D eigenvalue weighted by molar-refractivity contribution is 0.0373. The van der Waals surface area contributed by atoms with Crippen LogP contribution < -0.4 is 11.1 Å². The van der Waals surface area contributed by atoms with Crippen LogP contribution in [-0.2, 0) is 4.74 Å². The van der Waals surface area contributed by atoms with Gasteiger partial charge in [0.2, 0.25) is 0 Å². The van der Waals surface area contributed by atoms with Gasteiger partial charge in [-0.05, 0) is 58.3 Å². The van der Waals surface area contributed by atoms with Crippen molar-refractivity contribution in [1.82, 2.24) is 5.32 Å². The molecule has 0 aromatic heterocycles. The first-order valence-corrected chi connectivity index (χ1v) is 6.60. The van der Waals surface area contributed by atoms with Crippen molar-refractivity contribution in [3.63, 3.8) is 0 Å². The second kappa shape index (κ2) is 4.48. The van der Waals surface area contributed by atoms with E-state index in [4.69, 9.17) is 10.5 Å². The molecule has 0 aromatic carbocycles. The summed E-state index contributed by atoms with van der Waals surface area (Å²) in [7, 11) is 0. The lowest BCUT2D eigenvalue weighted by Gasteiger charge is -2.46. The van der Waals surface area contributed by atoms with E-state index in [0.29, 0.717) is 11.8 Å². The van der Waals surface area contributed by atoms with Crippen LogP contribution in [0.15, 0.2) is 0 Å². The highest BCUT2D eigenvalue weighted by atomic mass is 16.6. The highest BCUT2D eigenvalue weighted by molar-refractivity contribution is 5.68. The van der Waals surface area contributed by atoms with E-state index in [2.05, 4.69) is 5.32 Å². The fraction of sp³-hybridized carbons (Fsp3) is 0.923. The molecule has 3 fully saturated rings. The maximum atomic E-state index is 11.7. The molecule has 0 radical (unpaired) electrons. The fourth-order valence-corrected chi connectivity index (χ4v) is 3.19. The minimum absolute atomic E-state index is 0.215. The van der Waals surface area contributed by atoms with Crippen LogP contribution in [0.1, 0.15) is 46.5 Å². The number of fused-ring (bicyclic) bond motifs is 3. The largest absolute Gasteiger partial charge is 0.444 e. The Hall–Kier alpha value is -0.770. The average Bonchev–Trinajstić information content (AvgIpc) is 2.14. The summed E-state index contributed by atoms with van der Waals surface area (Å²) in [4.78, 5) is 11.7. The van der Waals surface area contributed by atoms with Gasteiger partial charge in [-0.25, -0.2) is 4.79 Å². The molecule has 3 aliphatic rings. The third-order valence-electron chi connectivity index (χ3n) is 3.87. The first-order valence-electron chi connectivity index (χ1n) is 6.60. The molecule has 0 unspecified atom stereocenters. The molecular weight excluding hydrogens is 216 g/mol. The fourth-order valence-electron chi connectivity index (χ4n) is 3.19. The van der Waals surface area contributed by atoms with E-state index in [0.717, 1.165) is 19.3 Å². The lowest BCUT2D eigenvalue weighted by atomic mass is 9.65. The summed E-state index contributed by atoms with van der Waals surface area (Å²) in [6, 6.07) is 0.467. The Morgan fingerprint density at radius 2 is 2.00 bits per heavy atom. The average molecular weight is 240 g/mol. The Kier molecular flexibility index (Phi) is 3.34. The van der Waals surface area contributed by atoms with Gasteiger partial charge in [-0.1, -0.05) is 0 Å². The van der Waals surface area contributed by atoms with Gasteiger partial charge in [0.05, 0.1) is 0 Å². The summed E-state index contributed by atoms with van der Waals surface area (Å²) in [6.45, 7) is 5.64. The van der Waals surface area contributed by atoms with E-state index in [-0.39, 0.29) is 18.2 Å². The summed E-state index contributed by atoms with van der Waals surface area (Å²) in [5, 5.41) is 3.00. The maximum Gasteiger partial charge on any atom is 0.407 e. The Morgan fingerprint density at radius 3 is 2.53 bits per heavy atom. The van der Waals surface area contributed by atoms with Crippen LogP contribution in [0.25, 0.3) is 0 Å². The monoisotopic (exact) mass is 240 g/mol. The Balaban J connectivity index is 1.89. The molecule has 4 nitrogen and oxygen atoms in total. The first-order chi connectivity index (χ1) is 7.85. The number of amides is 1. The van der Waals surface area contributed by atoms with Crippen molar-refractivity contribution < 1.29 is 9.53 Å². The summed E-state index contributed by atoms with van der Waals surface area (Å²) < 4.78 is 5.29. The molecule has 98 valence electrons. The number of nitrogens with two attached hydrogens (primary N) is 1. The van der Waals surface area contributed by atoms with E-state index in [1.807, 2.05) is 20.8 Å². The van der Waals surface area contributed by atoms with Crippen molar-refractivity contribution in [2.75, 3.05) is 0 Å². The van der Waals surface area contributed by atoms with Crippen LogP contribution in [0.4, 0.5) is 4.79 Å². The Labute approximate surface area is 103 Å². The maximum absolute atomic E-state index is 11.7. The molecule has 0 spiro atoms. The molecule has 2 bridgehead atoms. The number of ether oxygens (including phenoxy) is 1. The van der Waals surface area contributed by atoms with Crippen LogP contribution >= 0.6 is 0 Å². The molecule has 0 aromatic rings. The van der Waals surface area contributed by atoms with Gasteiger partial charge in [0.15, 0.2) is 0 Å². The van der Waals surface area contributed by atoms with Crippen molar-refractivity contribution in [1.29, 1.82) is 0 Å². The molecule has 3 saturated carbocycles. The Morgan fingerprint density at radius 1 is 1.29 bits per heavy atom. The van der Waals surface area contributed by atoms with Crippen molar-refractivity contribution >= 4 is 6.09 Å². The van der Waals surface area contributed by atoms with Gasteiger partial charge >= 0.3 is 6.09 Å². The summed E-state index contributed by atoms with van der Waals surface area (Å²) in [5.74, 6) is 1.13. The standard InChI is InChI=1S/C13H24N2O2/c1-13(2,3)17-12(16)15-11-7-8-4-5-9(11)10(14)6-8/h8-11H,4-7,14H2,1-3H3,(H,15,16)/t8-,9+,10-,11+/m1/s1. The lowest BCUT2D eigenvalue weighted by Crippen LogP contribution is -2.56. The highest BCUT2D eigenvalue weighted by Gasteiger charge is 2.41. The molecule has 3 N–H and O–H groups in total. The number of hydrogen-bond acceptors (Lipinski definition) is 3. The van der Waals surface area contributed by atoms with Crippen LogP contribution in [0.5, 0.6) is 0 Å². The third-order valence-corrected chi connectivity index (χ3v) is 3.87. The molecule has 0 saturated heterocycles. The van der Waals surface area contributed by atoms with Gasteiger partial charge in [0.1, 0.15) is 5.60 Å². The van der Waals surface area contributed by atoms with E-state index in [1.165, 1.54) is 6.42 Å². The second-order valence-corrected chi connectivity index (χ2v) is 6.50. The van der Waals surface area contributed by atoms with Gasteiger partial charge in [0, 0.05) is 12.1 Å². The van der Waals surface area contributed by atoms with Gasteiger partial charge in [-0.2, -0.15) is 0 Å². The molecule has 17 heavy (non-hydrogen) atoms. The quantitative estimate of drug-likeness (QED) is 0.737. The zero-order chi connectivity index (χ0) is 12.6. The smallest absolute Gasteiger partial charge is 0.407 e.